The Morgan fingerprint density at radius 3 is 2.35 bits per heavy atom. The lowest BCUT2D eigenvalue weighted by molar-refractivity contribution is -0.384. The van der Waals surface area contributed by atoms with Crippen molar-refractivity contribution < 1.29 is 22.9 Å². The topological polar surface area (TPSA) is 131 Å². The number of amides is 1. The quantitative estimate of drug-likeness (QED) is 0.283. The minimum atomic E-state index is -4.09. The van der Waals surface area contributed by atoms with Crippen molar-refractivity contribution in [3.05, 3.63) is 94.5 Å². The largest absolute Gasteiger partial charge is 0.497 e. The lowest BCUT2D eigenvalue weighted by Gasteiger charge is -2.23. The van der Waals surface area contributed by atoms with E-state index in [1.807, 2.05) is 0 Å². The summed E-state index contributed by atoms with van der Waals surface area (Å²) < 4.78 is 32.7. The number of methoxy groups -OCH3 is 1. The molecule has 0 aliphatic carbocycles. The molecule has 34 heavy (non-hydrogen) atoms. The Kier molecular flexibility index (Phi) is 7.59. The van der Waals surface area contributed by atoms with E-state index in [0.29, 0.717) is 22.7 Å². The van der Waals surface area contributed by atoms with E-state index in [2.05, 4.69) is 10.5 Å². The smallest absolute Gasteiger partial charge is 0.270 e. The first kappa shape index (κ1) is 24.4. The van der Waals surface area contributed by atoms with Crippen LogP contribution in [0.15, 0.2) is 88.9 Å². The Morgan fingerprint density at radius 2 is 1.74 bits per heavy atom. The molecule has 3 aromatic rings. The van der Waals surface area contributed by atoms with Gasteiger partial charge in [0.1, 0.15) is 12.3 Å². The number of nitro benzene ring substituents is 1. The number of nitrogens with zero attached hydrogens (tertiary/aromatic N) is 3. The zero-order valence-corrected chi connectivity index (χ0v) is 19.2. The molecule has 0 radical (unpaired) electrons. The van der Waals surface area contributed by atoms with Gasteiger partial charge in [-0.25, -0.2) is 13.8 Å². The number of nitrogens with one attached hydrogen (secondary N) is 1. The molecule has 1 N–H and O–H groups in total. The number of hydrogen-bond donors (Lipinski definition) is 1. The zero-order chi connectivity index (χ0) is 24.7. The lowest BCUT2D eigenvalue weighted by atomic mass is 10.1. The van der Waals surface area contributed by atoms with Crippen LogP contribution in [0.4, 0.5) is 11.4 Å². The summed E-state index contributed by atoms with van der Waals surface area (Å²) >= 11 is 0. The molecule has 0 atom stereocenters. The highest BCUT2D eigenvalue weighted by molar-refractivity contribution is 7.92. The van der Waals surface area contributed by atoms with Crippen LogP contribution in [-0.2, 0) is 14.8 Å². The van der Waals surface area contributed by atoms with Gasteiger partial charge in [-0.05, 0) is 43.3 Å². The number of non-ortho nitro benzene ring substituents is 1. The first-order valence-corrected chi connectivity index (χ1v) is 11.5. The SMILES string of the molecule is COc1ccc(S(=O)(=O)N(CC(=O)N/N=C(/C)c2cccc([N+](=O)[O-])c2)c2ccccc2)cc1. The highest BCUT2D eigenvalue weighted by atomic mass is 32.2. The maximum atomic E-state index is 13.3. The molecule has 0 heterocycles. The fraction of sp³-hybridized carbons (Fsp3) is 0.130. The van der Waals surface area contributed by atoms with Crippen molar-refractivity contribution in [1.29, 1.82) is 0 Å². The number of carbonyl (C=O) groups is 1. The average molecular weight is 483 g/mol. The van der Waals surface area contributed by atoms with Crippen LogP contribution in [0.1, 0.15) is 12.5 Å². The van der Waals surface area contributed by atoms with Crippen LogP contribution in [0, 0.1) is 10.1 Å². The van der Waals surface area contributed by atoms with Crippen molar-refractivity contribution in [2.45, 2.75) is 11.8 Å². The molecule has 176 valence electrons. The zero-order valence-electron chi connectivity index (χ0n) is 18.4. The minimum absolute atomic E-state index is 0.0128. The van der Waals surface area contributed by atoms with Gasteiger partial charge in [-0.1, -0.05) is 30.3 Å². The average Bonchev–Trinajstić information content (AvgIpc) is 2.86. The van der Waals surface area contributed by atoms with E-state index in [-0.39, 0.29) is 10.6 Å². The van der Waals surface area contributed by atoms with Gasteiger partial charge in [0.25, 0.3) is 21.6 Å². The number of para-hydroxylation sites is 1. The molecule has 0 aromatic heterocycles. The third kappa shape index (κ3) is 5.75. The Bertz CT molecular complexity index is 1310. The second-order valence-corrected chi connectivity index (χ2v) is 8.92. The molecule has 0 aliphatic rings. The third-order valence-corrected chi connectivity index (χ3v) is 6.59. The van der Waals surface area contributed by atoms with E-state index in [1.54, 1.807) is 43.3 Å². The van der Waals surface area contributed by atoms with Gasteiger partial charge < -0.3 is 4.74 Å². The molecular formula is C23H22N4O6S. The first-order valence-electron chi connectivity index (χ1n) is 10.0. The van der Waals surface area contributed by atoms with Crippen molar-refractivity contribution in [3.8, 4) is 5.75 Å². The van der Waals surface area contributed by atoms with E-state index in [9.17, 15) is 23.3 Å². The molecule has 3 aromatic carbocycles. The Labute approximate surface area is 196 Å². The minimum Gasteiger partial charge on any atom is -0.497 e. The number of anilines is 1. The van der Waals surface area contributed by atoms with E-state index in [0.717, 1.165) is 4.31 Å². The highest BCUT2D eigenvalue weighted by Gasteiger charge is 2.27. The molecule has 0 saturated carbocycles. The molecule has 1 amide bonds. The Hall–Kier alpha value is -4.25. The second-order valence-electron chi connectivity index (χ2n) is 7.06. The van der Waals surface area contributed by atoms with Crippen LogP contribution in [-0.4, -0.2) is 38.6 Å². The van der Waals surface area contributed by atoms with E-state index < -0.39 is 27.4 Å². The van der Waals surface area contributed by atoms with Crippen LogP contribution in [0.5, 0.6) is 5.75 Å². The molecule has 10 nitrogen and oxygen atoms in total. The molecule has 0 spiro atoms. The van der Waals surface area contributed by atoms with Crippen molar-refractivity contribution >= 4 is 33.0 Å². The van der Waals surface area contributed by atoms with Gasteiger partial charge in [0.2, 0.25) is 0 Å². The van der Waals surface area contributed by atoms with Gasteiger partial charge in [0.05, 0.1) is 28.3 Å². The molecular weight excluding hydrogens is 460 g/mol. The molecule has 11 heteroatoms. The van der Waals surface area contributed by atoms with Gasteiger partial charge >= 0.3 is 0 Å². The summed E-state index contributed by atoms with van der Waals surface area (Å²) in [5.74, 6) is -0.195. The first-order chi connectivity index (χ1) is 16.2. The highest BCUT2D eigenvalue weighted by Crippen LogP contribution is 2.25. The van der Waals surface area contributed by atoms with E-state index in [4.69, 9.17) is 4.74 Å². The lowest BCUT2D eigenvalue weighted by Crippen LogP contribution is -2.39. The summed E-state index contributed by atoms with van der Waals surface area (Å²) in [6, 6.07) is 19.8. The van der Waals surface area contributed by atoms with Crippen LogP contribution in [0.2, 0.25) is 0 Å². The number of rotatable bonds is 9. The van der Waals surface area contributed by atoms with Crippen LogP contribution in [0.3, 0.4) is 0 Å². The molecule has 0 unspecified atom stereocenters. The van der Waals surface area contributed by atoms with Crippen molar-refractivity contribution in [2.75, 3.05) is 18.0 Å². The fourth-order valence-electron chi connectivity index (χ4n) is 3.01. The van der Waals surface area contributed by atoms with Crippen LogP contribution < -0.4 is 14.5 Å². The summed E-state index contributed by atoms with van der Waals surface area (Å²) in [5, 5.41) is 14.9. The van der Waals surface area contributed by atoms with Crippen LogP contribution >= 0.6 is 0 Å². The van der Waals surface area contributed by atoms with Gasteiger partial charge in [-0.3, -0.25) is 19.2 Å². The van der Waals surface area contributed by atoms with Gasteiger partial charge in [0, 0.05) is 17.7 Å². The number of benzene rings is 3. The number of nitro groups is 1. The molecule has 3 rings (SSSR count). The van der Waals surface area contributed by atoms with Gasteiger partial charge in [0.15, 0.2) is 0 Å². The van der Waals surface area contributed by atoms with E-state index in [1.165, 1.54) is 49.6 Å². The Balaban J connectivity index is 1.84. The predicted molar refractivity (Wildman–Crippen MR) is 127 cm³/mol. The van der Waals surface area contributed by atoms with E-state index >= 15 is 0 Å². The number of carbonyl (C=O) groups excluding carboxylic acids is 1. The molecule has 0 bridgehead atoms. The monoisotopic (exact) mass is 482 g/mol. The number of hydrazone groups is 1. The molecule has 0 saturated heterocycles. The summed E-state index contributed by atoms with van der Waals surface area (Å²) in [4.78, 5) is 23.1. The number of sulfonamides is 1. The van der Waals surface area contributed by atoms with Gasteiger partial charge in [-0.2, -0.15) is 5.10 Å². The summed E-state index contributed by atoms with van der Waals surface area (Å²) in [5.41, 5.74) is 3.28. The van der Waals surface area contributed by atoms with Crippen molar-refractivity contribution in [1.82, 2.24) is 5.43 Å². The molecule has 0 aliphatic heterocycles. The summed E-state index contributed by atoms with van der Waals surface area (Å²) in [6.07, 6.45) is 0. The Morgan fingerprint density at radius 1 is 1.06 bits per heavy atom. The second kappa shape index (κ2) is 10.6. The maximum absolute atomic E-state index is 13.3. The fourth-order valence-corrected chi connectivity index (χ4v) is 4.43. The predicted octanol–water partition coefficient (Wildman–Crippen LogP) is 3.34. The van der Waals surface area contributed by atoms with Crippen molar-refractivity contribution in [2.24, 2.45) is 5.10 Å². The summed E-state index contributed by atoms with van der Waals surface area (Å²) in [6.45, 7) is 1.03. The van der Waals surface area contributed by atoms with Crippen molar-refractivity contribution in [3.63, 3.8) is 0 Å². The van der Waals surface area contributed by atoms with Crippen LogP contribution in [0.25, 0.3) is 0 Å². The molecule has 0 fully saturated rings. The third-order valence-electron chi connectivity index (χ3n) is 4.80. The summed E-state index contributed by atoms with van der Waals surface area (Å²) in [7, 11) is -2.61. The standard InChI is InChI=1S/C23H22N4O6S/c1-17(18-7-6-10-20(15-18)27(29)30)24-25-23(28)16-26(19-8-4-3-5-9-19)34(31,32)22-13-11-21(33-2)12-14-22/h3-15H,16H2,1-2H3,(H,25,28)/b24-17-. The van der Waals surface area contributed by atoms with Gasteiger partial charge in [-0.15, -0.1) is 0 Å². The maximum Gasteiger partial charge on any atom is 0.270 e. The number of ether oxygens (including phenoxy) is 1. The normalized spacial score (nSPS) is 11.5. The number of hydrogen-bond acceptors (Lipinski definition) is 7.